The van der Waals surface area contributed by atoms with E-state index in [4.69, 9.17) is 2.81 Å². The maximum atomic E-state index is 8.39. The van der Waals surface area contributed by atoms with E-state index in [-0.39, 0.29) is 184 Å². The molecule has 0 atom stereocenters. The Bertz CT molecular complexity index is 28.1. The first kappa shape index (κ1) is 38.6. The summed E-state index contributed by atoms with van der Waals surface area (Å²) in [5.41, 5.74) is 0. The summed E-state index contributed by atoms with van der Waals surface area (Å²) in [5, 5.41) is 0. The van der Waals surface area contributed by atoms with Crippen LogP contribution in [0, 0.1) is 0 Å². The Morgan fingerprint density at radius 3 is 1.29 bits per heavy atom. The van der Waals surface area contributed by atoms with Crippen LogP contribution in [0.15, 0.2) is 0 Å². The van der Waals surface area contributed by atoms with Crippen LogP contribution >= 0.6 is 0 Å². The molecular formula is H10Bi2CaCuOPbSr. The van der Waals surface area contributed by atoms with Gasteiger partial charge in [0.25, 0.3) is 0 Å². The van der Waals surface area contributed by atoms with E-state index in [1.54, 1.807) is 0 Å². The Hall–Kier alpha value is 5.75. The largest absolute Gasteiger partial charge is 2.00 e. The van der Waals surface area contributed by atoms with E-state index < -0.39 is 0 Å². The molecule has 0 spiro atoms. The first-order valence-electron chi connectivity index (χ1n) is 0.204. The van der Waals surface area contributed by atoms with Gasteiger partial charge in [-0.3, -0.25) is 0 Å². The third-order valence-corrected chi connectivity index (χ3v) is 0. The summed E-state index contributed by atoms with van der Waals surface area (Å²) in [5.74, 6) is 0. The molecule has 0 unspecified atom stereocenters. The van der Waals surface area contributed by atoms with Gasteiger partial charge >= 0.3 is 164 Å². The van der Waals surface area contributed by atoms with Crippen molar-refractivity contribution in [2.45, 2.75) is 0 Å². The van der Waals surface area contributed by atoms with Gasteiger partial charge < -0.3 is 5.71 Å². The fourth-order valence-corrected chi connectivity index (χ4v) is 0. The number of hydrogen-bond donors (Lipinski definition) is 0. The molecule has 0 aliphatic carbocycles. The molecule has 7 heteroatoms. The van der Waals surface area contributed by atoms with Crippen molar-refractivity contribution in [2.24, 2.45) is 0 Å². The summed E-state index contributed by atoms with van der Waals surface area (Å²) < 4.78 is 8.39. The smallest absolute Gasteiger partial charge is 2.00 e. The molecule has 0 aliphatic rings. The van der Waals surface area contributed by atoms with Crippen LogP contribution in [0.4, 0.5) is 0 Å². The molecule has 0 fully saturated rings. The molecule has 0 aromatic carbocycles. The van der Waals surface area contributed by atoms with Gasteiger partial charge in [-0.25, -0.2) is 0 Å². The van der Waals surface area contributed by atoms with Gasteiger partial charge in [0, 0.05) is 17.1 Å². The van der Waals surface area contributed by atoms with Crippen molar-refractivity contribution >= 4 is 161 Å². The predicted molar refractivity (Wildman–Crippen MR) is 42.3 cm³/mol. The molecule has 0 saturated carbocycles. The average Bonchev–Trinajstić information content (AvgIpc) is 1.00. The molecule has 0 rings (SSSR count). The van der Waals surface area contributed by atoms with Crippen LogP contribution < -0.4 is 0 Å². The Morgan fingerprint density at radius 1 is 1.29 bits per heavy atom. The third kappa shape index (κ3) is 33.8. The van der Waals surface area contributed by atoms with E-state index in [1.807, 2.05) is 0 Å². The second-order valence-corrected chi connectivity index (χ2v) is 0. The van der Waals surface area contributed by atoms with E-state index in [2.05, 4.69) is 0 Å². The van der Waals surface area contributed by atoms with Crippen LogP contribution in [-0.2, 0) is 19.9 Å². The molecule has 0 bridgehead atoms. The summed E-state index contributed by atoms with van der Waals surface area (Å²) in [6, 6.07) is 0. The van der Waals surface area contributed by atoms with Crippen LogP contribution in [0.2, 0.25) is 0 Å². The van der Waals surface area contributed by atoms with Gasteiger partial charge in [-0.15, -0.1) is 0 Å². The second-order valence-electron chi connectivity index (χ2n) is 0. The SMILES string of the molecule is [BiH3].[Ca+2].[Cu].[H-].[H-].[H-].[H-].[O]=[BiH].[PbH2].[Sr+2]. The van der Waals surface area contributed by atoms with Gasteiger partial charge in [0.2, 0.25) is 0 Å². The zero-order valence-corrected chi connectivity index (χ0v) is 25.5. The van der Waals surface area contributed by atoms with Gasteiger partial charge in [-0.05, 0) is 0 Å². The molecule has 3 radical (unpaired) electrons. The molecule has 1 nitrogen and oxygen atoms in total. The van der Waals surface area contributed by atoms with E-state index in [9.17, 15) is 0 Å². The van der Waals surface area contributed by atoms with E-state index in [0.29, 0.717) is 0 Å². The summed E-state index contributed by atoms with van der Waals surface area (Å²) in [7, 11) is 0. The van der Waals surface area contributed by atoms with Crippen molar-refractivity contribution in [1.29, 1.82) is 0 Å². The molecule has 0 amide bonds. The normalized spacial score (nSPS) is 0.571. The zero-order chi connectivity index (χ0) is 2.00. The summed E-state index contributed by atoms with van der Waals surface area (Å²) in [4.78, 5) is 0. The second kappa shape index (κ2) is 41.1. The minimum Gasteiger partial charge on any atom is 2.00 e. The fourth-order valence-electron chi connectivity index (χ4n) is 0. The third-order valence-electron chi connectivity index (χ3n) is 0. The summed E-state index contributed by atoms with van der Waals surface area (Å²) >= 11 is 0.0556. The van der Waals surface area contributed by atoms with Crippen molar-refractivity contribution in [3.63, 3.8) is 0 Å². The molecule has 0 saturated heterocycles. The fraction of sp³-hybridized carbons (Fsp3) is 0. The minimum atomic E-state index is 0. The Kier molecular flexibility index (Phi) is 227. The first-order chi connectivity index (χ1) is 1.00. The van der Waals surface area contributed by atoms with Crippen LogP contribution in [0.25, 0.3) is 0 Å². The van der Waals surface area contributed by atoms with Gasteiger partial charge in [-0.1, -0.05) is 0 Å². The Balaban J connectivity index is -0.000000000139. The molecule has 0 heterocycles. The van der Waals surface area contributed by atoms with E-state index in [1.165, 1.54) is 0 Å². The summed E-state index contributed by atoms with van der Waals surface area (Å²) in [6.45, 7) is 0. The monoisotopic (exact) mass is 843 g/mol. The average molecular weight is 842 g/mol. The minimum absolute atomic E-state index is 0. The van der Waals surface area contributed by atoms with Crippen LogP contribution in [0.5, 0.6) is 0 Å². The summed E-state index contributed by atoms with van der Waals surface area (Å²) in [6.07, 6.45) is 0. The zero-order valence-electron chi connectivity index (χ0n) is 8.04. The Morgan fingerprint density at radius 2 is 1.29 bits per heavy atom. The molecule has 0 aromatic heterocycles. The van der Waals surface area contributed by atoms with Crippen LogP contribution in [0.3, 0.4) is 0 Å². The predicted octanol–water partition coefficient (Wildman–Crippen LogP) is -3.18. The first-order valence-corrected chi connectivity index (χ1v) is 1.79. The quantitative estimate of drug-likeness (QED) is 0.236. The van der Waals surface area contributed by atoms with Crippen molar-refractivity contribution in [3.05, 3.63) is 0 Å². The van der Waals surface area contributed by atoms with Crippen molar-refractivity contribution < 1.29 is 25.6 Å². The van der Waals surface area contributed by atoms with Crippen molar-refractivity contribution in [2.75, 3.05) is 0 Å². The molecule has 0 aromatic rings. The maximum absolute atomic E-state index is 8.39. The molecule has 0 N–H and O–H groups in total. The standard InChI is InChI=1S/2Bi.Ca.Cu.O.Pb.Sr.10H/q;;+2;;;;+2;;;;;;;4*-1. The van der Waals surface area contributed by atoms with Gasteiger partial charge in [0.15, 0.2) is 0 Å². The van der Waals surface area contributed by atoms with E-state index in [0.717, 1.165) is 0 Å². The van der Waals surface area contributed by atoms with Crippen molar-refractivity contribution in [1.82, 2.24) is 0 Å². The molecule has 45 valence electrons. The topological polar surface area (TPSA) is 17.1 Å². The molecule has 0 aliphatic heterocycles. The van der Waals surface area contributed by atoms with Crippen LogP contribution in [0.1, 0.15) is 5.71 Å². The maximum Gasteiger partial charge on any atom is 2.00 e. The number of hydrogen-bond acceptors (Lipinski definition) is 1. The van der Waals surface area contributed by atoms with Crippen molar-refractivity contribution in [3.8, 4) is 0 Å². The van der Waals surface area contributed by atoms with Gasteiger partial charge in [0.1, 0.15) is 0 Å². The van der Waals surface area contributed by atoms with Crippen LogP contribution in [-0.4, -0.2) is 161 Å². The van der Waals surface area contributed by atoms with Gasteiger partial charge in [0.05, 0.1) is 0 Å². The molecule has 7 heavy (non-hydrogen) atoms. The number of rotatable bonds is 0. The van der Waals surface area contributed by atoms with Gasteiger partial charge in [-0.2, -0.15) is 0 Å². The van der Waals surface area contributed by atoms with E-state index >= 15 is 0 Å². The Labute approximate surface area is 182 Å². The molecular weight excluding hydrogens is 832 g/mol.